The maximum Gasteiger partial charge on any atom is 0.155 e. The van der Waals surface area contributed by atoms with Crippen LogP contribution >= 0.6 is 11.8 Å². The number of oxime groups is 1. The minimum Gasteiger partial charge on any atom is -0.409 e. The van der Waals surface area contributed by atoms with Crippen molar-refractivity contribution < 1.29 is 5.21 Å². The Bertz CT molecular complexity index is 248. The molecule has 5 heteroatoms. The molecule has 1 aliphatic rings. The summed E-state index contributed by atoms with van der Waals surface area (Å²) in [5.74, 6) is 1.08. The second kappa shape index (κ2) is 5.77. The highest BCUT2D eigenvalue weighted by atomic mass is 32.2. The van der Waals surface area contributed by atoms with Crippen LogP contribution < -0.4 is 5.73 Å². The van der Waals surface area contributed by atoms with E-state index >= 15 is 0 Å². The highest BCUT2D eigenvalue weighted by Gasteiger charge is 2.38. The van der Waals surface area contributed by atoms with E-state index in [4.69, 9.17) is 10.9 Å². The third kappa shape index (κ3) is 3.04. The molecule has 0 unspecified atom stereocenters. The van der Waals surface area contributed by atoms with Crippen LogP contribution in [0.4, 0.5) is 0 Å². The third-order valence-electron chi connectivity index (χ3n) is 3.25. The first-order valence-corrected chi connectivity index (χ1v) is 7.02. The summed E-state index contributed by atoms with van der Waals surface area (Å²) >= 11 is 1.70. The maximum atomic E-state index is 8.83. The fraction of sp³-hybridized carbons (Fsp3) is 0.909. The number of thioether (sulfide) groups is 1. The molecule has 1 heterocycles. The summed E-state index contributed by atoms with van der Waals surface area (Å²) in [5, 5.41) is 12.0. The van der Waals surface area contributed by atoms with Gasteiger partial charge >= 0.3 is 0 Å². The Labute approximate surface area is 102 Å². The molecule has 0 bridgehead atoms. The number of hydrogen-bond donors (Lipinski definition) is 2. The smallest absolute Gasteiger partial charge is 0.155 e. The van der Waals surface area contributed by atoms with Crippen molar-refractivity contribution in [2.24, 2.45) is 16.8 Å². The summed E-state index contributed by atoms with van der Waals surface area (Å²) in [6.07, 6.45) is 3.98. The molecule has 0 aromatic carbocycles. The van der Waals surface area contributed by atoms with E-state index in [0.717, 1.165) is 32.5 Å². The number of piperidine rings is 1. The summed E-state index contributed by atoms with van der Waals surface area (Å²) in [4.78, 5) is 2.46. The molecule has 94 valence electrons. The first kappa shape index (κ1) is 13.6. The molecular formula is C11H23N3OS. The van der Waals surface area contributed by atoms with Crippen LogP contribution in [0.1, 0.15) is 26.7 Å². The van der Waals surface area contributed by atoms with E-state index in [-0.39, 0.29) is 4.75 Å². The van der Waals surface area contributed by atoms with Gasteiger partial charge in [-0.15, -0.1) is 0 Å². The first-order chi connectivity index (χ1) is 7.54. The SMILES string of the molecule is CSC1(C(N)=NO)CCN(CC(C)C)CC1. The van der Waals surface area contributed by atoms with E-state index in [0.29, 0.717) is 11.8 Å². The summed E-state index contributed by atoms with van der Waals surface area (Å²) < 4.78 is -0.151. The van der Waals surface area contributed by atoms with E-state index < -0.39 is 0 Å². The lowest BCUT2D eigenvalue weighted by atomic mass is 9.94. The Morgan fingerprint density at radius 1 is 1.50 bits per heavy atom. The lowest BCUT2D eigenvalue weighted by Crippen LogP contribution is -2.50. The van der Waals surface area contributed by atoms with E-state index in [1.54, 1.807) is 11.8 Å². The molecule has 0 aromatic rings. The van der Waals surface area contributed by atoms with Gasteiger partial charge in [-0.2, -0.15) is 11.8 Å². The number of nitrogens with two attached hydrogens (primary N) is 1. The zero-order valence-corrected chi connectivity index (χ0v) is 11.3. The summed E-state index contributed by atoms with van der Waals surface area (Å²) in [6, 6.07) is 0. The van der Waals surface area contributed by atoms with E-state index in [2.05, 4.69) is 23.9 Å². The molecule has 0 amide bonds. The molecule has 0 saturated carbocycles. The predicted molar refractivity (Wildman–Crippen MR) is 70.2 cm³/mol. The zero-order chi connectivity index (χ0) is 12.2. The standard InChI is InChI=1S/C11H23N3OS/c1-9(2)8-14-6-4-11(16-3,5-7-14)10(12)13-15/h9,15H,4-8H2,1-3H3,(H2,12,13). The second-order valence-electron chi connectivity index (χ2n) is 4.88. The molecule has 1 fully saturated rings. The zero-order valence-electron chi connectivity index (χ0n) is 10.4. The lowest BCUT2D eigenvalue weighted by molar-refractivity contribution is 0.196. The van der Waals surface area contributed by atoms with Crippen molar-refractivity contribution in [2.75, 3.05) is 25.9 Å². The van der Waals surface area contributed by atoms with Crippen LogP contribution in [0.15, 0.2) is 5.16 Å². The van der Waals surface area contributed by atoms with Gasteiger partial charge in [0.2, 0.25) is 0 Å². The van der Waals surface area contributed by atoms with Crippen LogP contribution in [0.3, 0.4) is 0 Å². The molecule has 16 heavy (non-hydrogen) atoms. The number of rotatable bonds is 4. The molecule has 1 saturated heterocycles. The molecule has 0 aromatic heterocycles. The van der Waals surface area contributed by atoms with Gasteiger partial charge in [0.05, 0.1) is 4.75 Å². The number of amidine groups is 1. The van der Waals surface area contributed by atoms with Crippen molar-refractivity contribution in [2.45, 2.75) is 31.4 Å². The van der Waals surface area contributed by atoms with Crippen LogP contribution in [-0.2, 0) is 0 Å². The fourth-order valence-electron chi connectivity index (χ4n) is 2.27. The van der Waals surface area contributed by atoms with E-state index in [1.165, 1.54) is 0 Å². The van der Waals surface area contributed by atoms with Gasteiger partial charge in [0.15, 0.2) is 5.84 Å². The average Bonchev–Trinajstić information content (AvgIpc) is 2.28. The van der Waals surface area contributed by atoms with Crippen LogP contribution in [-0.4, -0.2) is 46.6 Å². The van der Waals surface area contributed by atoms with E-state index in [1.807, 2.05) is 6.26 Å². The van der Waals surface area contributed by atoms with Crippen LogP contribution in [0.5, 0.6) is 0 Å². The molecule has 3 N–H and O–H groups in total. The molecular weight excluding hydrogens is 222 g/mol. The Morgan fingerprint density at radius 2 is 2.06 bits per heavy atom. The predicted octanol–water partition coefficient (Wildman–Crippen LogP) is 1.59. The summed E-state index contributed by atoms with van der Waals surface area (Å²) in [6.45, 7) is 7.69. The van der Waals surface area contributed by atoms with Gasteiger partial charge in [-0.25, -0.2) is 0 Å². The molecule has 0 atom stereocenters. The lowest BCUT2D eigenvalue weighted by Gasteiger charge is -2.40. The van der Waals surface area contributed by atoms with Crippen molar-refractivity contribution in [3.8, 4) is 0 Å². The second-order valence-corrected chi connectivity index (χ2v) is 6.07. The largest absolute Gasteiger partial charge is 0.409 e. The topological polar surface area (TPSA) is 61.9 Å². The summed E-state index contributed by atoms with van der Waals surface area (Å²) in [7, 11) is 0. The minimum absolute atomic E-state index is 0.151. The number of likely N-dealkylation sites (tertiary alicyclic amines) is 1. The van der Waals surface area contributed by atoms with Crippen LogP contribution in [0, 0.1) is 5.92 Å². The van der Waals surface area contributed by atoms with Crippen molar-refractivity contribution in [1.82, 2.24) is 4.90 Å². The van der Waals surface area contributed by atoms with Gasteiger partial charge < -0.3 is 15.8 Å². The van der Waals surface area contributed by atoms with Gasteiger partial charge in [0, 0.05) is 6.54 Å². The highest BCUT2D eigenvalue weighted by Crippen LogP contribution is 2.34. The first-order valence-electron chi connectivity index (χ1n) is 5.79. The van der Waals surface area contributed by atoms with Gasteiger partial charge in [0.25, 0.3) is 0 Å². The van der Waals surface area contributed by atoms with E-state index in [9.17, 15) is 0 Å². The van der Waals surface area contributed by atoms with Gasteiger partial charge in [-0.05, 0) is 38.1 Å². The van der Waals surface area contributed by atoms with Crippen molar-refractivity contribution >= 4 is 17.6 Å². The quantitative estimate of drug-likeness (QED) is 0.342. The minimum atomic E-state index is -0.151. The number of nitrogens with zero attached hydrogens (tertiary/aromatic N) is 2. The molecule has 4 nitrogen and oxygen atoms in total. The molecule has 1 rings (SSSR count). The Kier molecular flexibility index (Phi) is 4.92. The summed E-state index contributed by atoms with van der Waals surface area (Å²) in [5.41, 5.74) is 5.80. The molecule has 0 radical (unpaired) electrons. The van der Waals surface area contributed by atoms with Crippen molar-refractivity contribution in [3.63, 3.8) is 0 Å². The normalized spacial score (nSPS) is 22.6. The molecule has 1 aliphatic heterocycles. The Balaban J connectivity index is 2.57. The van der Waals surface area contributed by atoms with Crippen molar-refractivity contribution in [1.29, 1.82) is 0 Å². The highest BCUT2D eigenvalue weighted by molar-refractivity contribution is 8.00. The molecule has 0 spiro atoms. The van der Waals surface area contributed by atoms with Crippen LogP contribution in [0.2, 0.25) is 0 Å². The number of hydrogen-bond acceptors (Lipinski definition) is 4. The average molecular weight is 245 g/mol. The van der Waals surface area contributed by atoms with Gasteiger partial charge in [0.1, 0.15) is 0 Å². The van der Waals surface area contributed by atoms with Gasteiger partial charge in [-0.3, -0.25) is 0 Å². The maximum absolute atomic E-state index is 8.83. The Hall–Kier alpha value is -0.420. The fourth-order valence-corrected chi connectivity index (χ4v) is 3.11. The monoisotopic (exact) mass is 245 g/mol. The van der Waals surface area contributed by atoms with Crippen LogP contribution in [0.25, 0.3) is 0 Å². The molecule has 0 aliphatic carbocycles. The van der Waals surface area contributed by atoms with Crippen molar-refractivity contribution in [3.05, 3.63) is 0 Å². The Morgan fingerprint density at radius 3 is 2.44 bits per heavy atom. The van der Waals surface area contributed by atoms with Gasteiger partial charge in [-0.1, -0.05) is 19.0 Å². The third-order valence-corrected chi connectivity index (χ3v) is 4.65.